The molecule has 0 aromatic rings. The maximum atomic E-state index is 4.31. The Bertz CT molecular complexity index is 91.1. The smallest absolute Gasteiger partial charge is 0.0457 e. The molecule has 2 heteroatoms. The largest absolute Gasteiger partial charge is 0.240 e. The van der Waals surface area contributed by atoms with Crippen LogP contribution in [0.1, 0.15) is 25.7 Å². The maximum absolute atomic E-state index is 4.31. The molecule has 1 saturated carbocycles. The molecule has 0 amide bonds. The fourth-order valence-electron chi connectivity index (χ4n) is 1.88. The van der Waals surface area contributed by atoms with Crippen LogP contribution in [0.25, 0.3) is 0 Å². The van der Waals surface area contributed by atoms with E-state index in [1.165, 1.54) is 25.7 Å². The van der Waals surface area contributed by atoms with E-state index in [4.69, 9.17) is 0 Å². The van der Waals surface area contributed by atoms with Gasteiger partial charge in [0.25, 0.3) is 0 Å². The average Bonchev–Trinajstić information content (AvgIpc) is 2.33. The van der Waals surface area contributed by atoms with Gasteiger partial charge in [-0.05, 0) is 18.8 Å². The zero-order valence-corrected chi connectivity index (χ0v) is 5.64. The Morgan fingerprint density at radius 3 is 3.00 bits per heavy atom. The van der Waals surface area contributed by atoms with Crippen LogP contribution in [0.3, 0.4) is 0 Å². The summed E-state index contributed by atoms with van der Waals surface area (Å²) in [4.78, 5) is 0. The zero-order chi connectivity index (χ0) is 6.10. The highest BCUT2D eigenvalue weighted by atomic mass is 15.4. The lowest BCUT2D eigenvalue weighted by Gasteiger charge is -2.21. The summed E-state index contributed by atoms with van der Waals surface area (Å²) in [6.07, 6.45) is 5.56. The van der Waals surface area contributed by atoms with Gasteiger partial charge in [0.2, 0.25) is 0 Å². The SMILES string of the molecule is C1CCC2[N]NCC2C1. The van der Waals surface area contributed by atoms with Gasteiger partial charge in [0.05, 0.1) is 0 Å². The molecule has 2 atom stereocenters. The van der Waals surface area contributed by atoms with E-state index in [0.717, 1.165) is 12.5 Å². The summed E-state index contributed by atoms with van der Waals surface area (Å²) in [7, 11) is 0. The van der Waals surface area contributed by atoms with Gasteiger partial charge >= 0.3 is 0 Å². The lowest BCUT2D eigenvalue weighted by molar-refractivity contribution is 0.331. The van der Waals surface area contributed by atoms with Crippen molar-refractivity contribution in [3.63, 3.8) is 0 Å². The van der Waals surface area contributed by atoms with Crippen LogP contribution >= 0.6 is 0 Å². The number of hydrogen-bond donors (Lipinski definition) is 1. The number of nitrogens with one attached hydrogen (secondary N) is 1. The first-order chi connectivity index (χ1) is 4.47. The molecule has 2 aliphatic rings. The quantitative estimate of drug-likeness (QED) is 0.506. The maximum Gasteiger partial charge on any atom is 0.0457 e. The molecule has 0 aromatic carbocycles. The van der Waals surface area contributed by atoms with Crippen LogP contribution in [0.5, 0.6) is 0 Å². The second-order valence-electron chi connectivity index (χ2n) is 3.10. The molecule has 0 spiro atoms. The van der Waals surface area contributed by atoms with Crippen LogP contribution in [0.15, 0.2) is 0 Å². The van der Waals surface area contributed by atoms with Crippen LogP contribution in [0.2, 0.25) is 0 Å². The van der Waals surface area contributed by atoms with E-state index in [-0.39, 0.29) is 0 Å². The van der Waals surface area contributed by atoms with Crippen molar-refractivity contribution >= 4 is 0 Å². The highest BCUT2D eigenvalue weighted by Crippen LogP contribution is 2.26. The molecule has 1 radical (unpaired) electrons. The zero-order valence-electron chi connectivity index (χ0n) is 5.64. The first-order valence-corrected chi connectivity index (χ1v) is 3.89. The fourth-order valence-corrected chi connectivity index (χ4v) is 1.88. The van der Waals surface area contributed by atoms with E-state index >= 15 is 0 Å². The Morgan fingerprint density at radius 2 is 2.11 bits per heavy atom. The molecule has 9 heavy (non-hydrogen) atoms. The lowest BCUT2D eigenvalue weighted by Crippen LogP contribution is -2.26. The molecular weight excluding hydrogens is 112 g/mol. The monoisotopic (exact) mass is 125 g/mol. The number of rotatable bonds is 0. The van der Waals surface area contributed by atoms with Crippen LogP contribution in [0, 0.1) is 5.92 Å². The Morgan fingerprint density at radius 1 is 1.22 bits per heavy atom. The van der Waals surface area contributed by atoms with Gasteiger partial charge < -0.3 is 0 Å². The highest BCUT2D eigenvalue weighted by molar-refractivity contribution is 4.84. The van der Waals surface area contributed by atoms with E-state index in [0.29, 0.717) is 6.04 Å². The molecule has 1 aliphatic heterocycles. The lowest BCUT2D eigenvalue weighted by atomic mass is 9.86. The molecule has 1 aliphatic carbocycles. The third kappa shape index (κ3) is 0.970. The summed E-state index contributed by atoms with van der Waals surface area (Å²) in [5, 5.41) is 0. The fraction of sp³-hybridized carbons (Fsp3) is 1.00. The molecule has 51 valence electrons. The second-order valence-corrected chi connectivity index (χ2v) is 3.10. The van der Waals surface area contributed by atoms with Gasteiger partial charge in [0.1, 0.15) is 0 Å². The first-order valence-electron chi connectivity index (χ1n) is 3.89. The van der Waals surface area contributed by atoms with Crippen LogP contribution in [-0.2, 0) is 0 Å². The van der Waals surface area contributed by atoms with Crippen LogP contribution in [0.4, 0.5) is 0 Å². The van der Waals surface area contributed by atoms with Gasteiger partial charge in [-0.1, -0.05) is 12.8 Å². The van der Waals surface area contributed by atoms with E-state index in [9.17, 15) is 0 Å². The highest BCUT2D eigenvalue weighted by Gasteiger charge is 2.29. The van der Waals surface area contributed by atoms with Crippen molar-refractivity contribution in [2.24, 2.45) is 5.92 Å². The number of hydrogen-bond acceptors (Lipinski definition) is 1. The average molecular weight is 125 g/mol. The molecule has 0 aromatic heterocycles. The van der Waals surface area contributed by atoms with Gasteiger partial charge in [-0.2, -0.15) is 5.43 Å². The Balaban J connectivity index is 1.97. The Kier molecular flexibility index (Phi) is 1.44. The van der Waals surface area contributed by atoms with Gasteiger partial charge in [-0.3, -0.25) is 0 Å². The predicted octanol–water partition coefficient (Wildman–Crippen LogP) is 0.668. The number of nitrogens with zero attached hydrogens (tertiary/aromatic N) is 1. The topological polar surface area (TPSA) is 26.1 Å². The van der Waals surface area contributed by atoms with Crippen molar-refractivity contribution in [2.45, 2.75) is 31.7 Å². The van der Waals surface area contributed by atoms with E-state index in [1.807, 2.05) is 0 Å². The van der Waals surface area contributed by atoms with Crippen molar-refractivity contribution in [3.8, 4) is 0 Å². The molecular formula is C7H13N2. The van der Waals surface area contributed by atoms with Gasteiger partial charge in [-0.25, -0.2) is 5.43 Å². The molecule has 1 saturated heterocycles. The van der Waals surface area contributed by atoms with Crippen molar-refractivity contribution in [3.05, 3.63) is 0 Å². The van der Waals surface area contributed by atoms with Gasteiger partial charge in [-0.15, -0.1) is 0 Å². The second kappa shape index (κ2) is 2.27. The summed E-state index contributed by atoms with van der Waals surface area (Å²) in [5.74, 6) is 0.888. The van der Waals surface area contributed by atoms with Gasteiger partial charge in [0.15, 0.2) is 0 Å². The molecule has 2 fully saturated rings. The summed E-state index contributed by atoms with van der Waals surface area (Å²) < 4.78 is 0. The molecule has 2 rings (SSSR count). The Labute approximate surface area is 56.0 Å². The summed E-state index contributed by atoms with van der Waals surface area (Å²) in [6, 6.07) is 0.679. The third-order valence-electron chi connectivity index (χ3n) is 2.48. The predicted molar refractivity (Wildman–Crippen MR) is 35.9 cm³/mol. The molecule has 2 nitrogen and oxygen atoms in total. The molecule has 1 heterocycles. The third-order valence-corrected chi connectivity index (χ3v) is 2.48. The number of fused-ring (bicyclic) bond motifs is 1. The molecule has 1 N–H and O–H groups in total. The molecule has 0 bridgehead atoms. The van der Waals surface area contributed by atoms with Crippen LogP contribution in [-0.4, -0.2) is 12.6 Å². The van der Waals surface area contributed by atoms with Crippen molar-refractivity contribution in [1.82, 2.24) is 10.9 Å². The minimum atomic E-state index is 0.679. The van der Waals surface area contributed by atoms with E-state index < -0.39 is 0 Å². The minimum Gasteiger partial charge on any atom is -0.240 e. The van der Waals surface area contributed by atoms with E-state index in [1.54, 1.807) is 0 Å². The molecule has 2 unspecified atom stereocenters. The van der Waals surface area contributed by atoms with Crippen molar-refractivity contribution in [1.29, 1.82) is 0 Å². The van der Waals surface area contributed by atoms with Crippen LogP contribution < -0.4 is 10.9 Å². The summed E-state index contributed by atoms with van der Waals surface area (Å²) >= 11 is 0. The normalized spacial score (nSPS) is 42.7. The summed E-state index contributed by atoms with van der Waals surface area (Å²) in [5.41, 5.74) is 7.40. The van der Waals surface area contributed by atoms with E-state index in [2.05, 4.69) is 10.9 Å². The van der Waals surface area contributed by atoms with Crippen molar-refractivity contribution in [2.75, 3.05) is 6.54 Å². The summed E-state index contributed by atoms with van der Waals surface area (Å²) in [6.45, 7) is 1.14. The first kappa shape index (κ1) is 5.69. The van der Waals surface area contributed by atoms with Crippen molar-refractivity contribution < 1.29 is 0 Å². The standard InChI is InChI=1S/C7H13N2/c1-2-4-7-6(3-1)5-8-9-7/h6-8H,1-5H2. The Hall–Kier alpha value is -0.0800. The minimum absolute atomic E-state index is 0.679. The van der Waals surface area contributed by atoms with Gasteiger partial charge in [0, 0.05) is 12.6 Å².